The van der Waals surface area contributed by atoms with Crippen molar-refractivity contribution in [3.05, 3.63) is 131 Å². The third-order valence-electron chi connectivity index (χ3n) is 7.89. The number of benzene rings is 4. The molecule has 246 valence electrons. The molecule has 6 rings (SSSR count). The van der Waals surface area contributed by atoms with Gasteiger partial charge in [0.05, 0.1) is 40.1 Å². The molecular weight excluding hydrogens is 692 g/mol. The summed E-state index contributed by atoms with van der Waals surface area (Å²) >= 11 is 4.92. The van der Waals surface area contributed by atoms with Crippen LogP contribution in [0.15, 0.2) is 104 Å². The van der Waals surface area contributed by atoms with Crippen molar-refractivity contribution < 1.29 is 23.7 Å². The van der Waals surface area contributed by atoms with Gasteiger partial charge in [0.15, 0.2) is 16.3 Å². The Morgan fingerprint density at radius 3 is 2.56 bits per heavy atom. The highest BCUT2D eigenvalue weighted by atomic mass is 79.9. The average Bonchev–Trinajstić information content (AvgIpc) is 3.37. The number of ether oxygens (including phenoxy) is 4. The summed E-state index contributed by atoms with van der Waals surface area (Å²) < 4.78 is 26.3. The van der Waals surface area contributed by atoms with E-state index in [2.05, 4.69) is 34.1 Å². The maximum atomic E-state index is 14.2. The number of aromatic nitrogens is 1. The van der Waals surface area contributed by atoms with Crippen LogP contribution in [0.3, 0.4) is 0 Å². The molecule has 0 unspecified atom stereocenters. The standard InChI is InChI=1S/C38H35BrN2O6S/c1-6-45-37(43)33-23(4)40-38-41(34(33)28-16-9-10-17-30(28)47-22(2)3)36(42)32(48-38)20-24-18-29(39)35(31(19-24)44-5)46-21-26-14-11-13-25-12-7-8-15-27(25)26/h7-20,22,34H,6,21H2,1-5H3/b32-20-/t34-/m1/s1. The number of esters is 1. The number of allylic oxidation sites excluding steroid dienone is 1. The van der Waals surface area contributed by atoms with Crippen LogP contribution in [0.2, 0.25) is 0 Å². The SMILES string of the molecule is CCOC(=O)C1=C(C)N=c2s/c(=C\c3cc(Br)c(OCc4cccc5ccccc45)c(OC)c3)c(=O)n2[C@@H]1c1ccccc1OC(C)C. The second kappa shape index (κ2) is 14.2. The van der Waals surface area contributed by atoms with E-state index >= 15 is 0 Å². The topological polar surface area (TPSA) is 88.4 Å². The molecule has 0 aliphatic carbocycles. The van der Waals surface area contributed by atoms with Gasteiger partial charge < -0.3 is 18.9 Å². The molecule has 0 N–H and O–H groups in total. The van der Waals surface area contributed by atoms with E-state index in [0.717, 1.165) is 21.9 Å². The first-order valence-corrected chi connectivity index (χ1v) is 17.2. The monoisotopic (exact) mass is 726 g/mol. The van der Waals surface area contributed by atoms with Gasteiger partial charge in [-0.15, -0.1) is 0 Å². The average molecular weight is 728 g/mol. The van der Waals surface area contributed by atoms with Crippen LogP contribution in [-0.2, 0) is 16.1 Å². The second-order valence-corrected chi connectivity index (χ2v) is 13.3. The molecule has 0 fully saturated rings. The molecule has 48 heavy (non-hydrogen) atoms. The van der Waals surface area contributed by atoms with E-state index < -0.39 is 12.0 Å². The highest BCUT2D eigenvalue weighted by Crippen LogP contribution is 2.38. The fraction of sp³-hybridized carbons (Fsp3) is 0.237. The van der Waals surface area contributed by atoms with Crippen LogP contribution >= 0.6 is 27.3 Å². The van der Waals surface area contributed by atoms with Crippen LogP contribution in [-0.4, -0.2) is 30.4 Å². The lowest BCUT2D eigenvalue weighted by Gasteiger charge is -2.26. The van der Waals surface area contributed by atoms with Crippen molar-refractivity contribution in [2.45, 2.75) is 46.4 Å². The molecule has 5 aromatic rings. The number of carbonyl (C=O) groups is 1. The van der Waals surface area contributed by atoms with Gasteiger partial charge in [0.2, 0.25) is 0 Å². The number of thiazole rings is 1. The van der Waals surface area contributed by atoms with Gasteiger partial charge in [0.1, 0.15) is 18.4 Å². The highest BCUT2D eigenvalue weighted by Gasteiger charge is 2.35. The Morgan fingerprint density at radius 2 is 1.79 bits per heavy atom. The summed E-state index contributed by atoms with van der Waals surface area (Å²) in [5.41, 5.74) is 2.95. The Kier molecular flexibility index (Phi) is 9.84. The Bertz CT molecular complexity index is 2230. The summed E-state index contributed by atoms with van der Waals surface area (Å²) in [6.07, 6.45) is 1.67. The zero-order valence-corrected chi connectivity index (χ0v) is 29.7. The van der Waals surface area contributed by atoms with Crippen LogP contribution in [0.5, 0.6) is 17.2 Å². The number of hydrogen-bond donors (Lipinski definition) is 0. The van der Waals surface area contributed by atoms with Crippen molar-refractivity contribution in [3.8, 4) is 17.2 Å². The molecule has 0 amide bonds. The fourth-order valence-electron chi connectivity index (χ4n) is 5.84. The summed E-state index contributed by atoms with van der Waals surface area (Å²) in [7, 11) is 1.58. The van der Waals surface area contributed by atoms with Crippen LogP contribution in [0, 0.1) is 0 Å². The minimum absolute atomic E-state index is 0.120. The van der Waals surface area contributed by atoms with E-state index in [1.807, 2.05) is 74.5 Å². The van der Waals surface area contributed by atoms with E-state index in [4.69, 9.17) is 23.9 Å². The molecule has 0 saturated carbocycles. The maximum absolute atomic E-state index is 14.2. The normalized spacial score (nSPS) is 14.6. The predicted molar refractivity (Wildman–Crippen MR) is 192 cm³/mol. The van der Waals surface area contributed by atoms with E-state index in [0.29, 0.717) is 54.5 Å². The van der Waals surface area contributed by atoms with Crippen molar-refractivity contribution in [2.24, 2.45) is 4.99 Å². The number of rotatable bonds is 10. The van der Waals surface area contributed by atoms with Gasteiger partial charge in [-0.05, 0) is 89.8 Å². The van der Waals surface area contributed by atoms with Gasteiger partial charge in [-0.1, -0.05) is 72.0 Å². The van der Waals surface area contributed by atoms with E-state index in [1.165, 1.54) is 11.3 Å². The van der Waals surface area contributed by atoms with Crippen molar-refractivity contribution in [1.82, 2.24) is 4.57 Å². The lowest BCUT2D eigenvalue weighted by atomic mass is 9.95. The number of methoxy groups -OCH3 is 1. The number of halogens is 1. The fourth-order valence-corrected chi connectivity index (χ4v) is 7.46. The first-order valence-electron chi connectivity index (χ1n) is 15.6. The lowest BCUT2D eigenvalue weighted by Crippen LogP contribution is -2.40. The number of carbonyl (C=O) groups excluding carboxylic acids is 1. The third-order valence-corrected chi connectivity index (χ3v) is 9.47. The first kappa shape index (κ1) is 33.2. The molecule has 1 aromatic heterocycles. The van der Waals surface area contributed by atoms with Crippen molar-refractivity contribution in [1.29, 1.82) is 0 Å². The Hall–Kier alpha value is -4.67. The largest absolute Gasteiger partial charge is 0.493 e. The summed E-state index contributed by atoms with van der Waals surface area (Å²) in [5.74, 6) is 1.13. The molecule has 4 aromatic carbocycles. The van der Waals surface area contributed by atoms with E-state index in [-0.39, 0.29) is 18.3 Å². The molecule has 0 saturated heterocycles. The highest BCUT2D eigenvalue weighted by molar-refractivity contribution is 9.10. The Morgan fingerprint density at radius 1 is 1.04 bits per heavy atom. The zero-order chi connectivity index (χ0) is 33.9. The van der Waals surface area contributed by atoms with E-state index in [1.54, 1.807) is 31.6 Å². The second-order valence-electron chi connectivity index (χ2n) is 11.5. The molecule has 8 nitrogen and oxygen atoms in total. The molecule has 0 radical (unpaired) electrons. The van der Waals surface area contributed by atoms with E-state index in [9.17, 15) is 9.59 Å². The zero-order valence-electron chi connectivity index (χ0n) is 27.3. The van der Waals surface area contributed by atoms with Crippen LogP contribution < -0.4 is 29.1 Å². The summed E-state index contributed by atoms with van der Waals surface area (Å²) in [6, 6.07) is 24.7. The number of nitrogens with zero attached hydrogens (tertiary/aromatic N) is 2. The van der Waals surface area contributed by atoms with Gasteiger partial charge in [0, 0.05) is 5.56 Å². The molecule has 10 heteroatoms. The molecular formula is C38H35BrN2O6S. The van der Waals surface area contributed by atoms with Gasteiger partial charge in [-0.2, -0.15) is 0 Å². The smallest absolute Gasteiger partial charge is 0.338 e. The van der Waals surface area contributed by atoms with Crippen molar-refractivity contribution in [2.75, 3.05) is 13.7 Å². The minimum Gasteiger partial charge on any atom is -0.493 e. The Labute approximate surface area is 290 Å². The van der Waals surface area contributed by atoms with Crippen LogP contribution in [0.1, 0.15) is 50.4 Å². The molecule has 0 spiro atoms. The van der Waals surface area contributed by atoms with Crippen molar-refractivity contribution in [3.63, 3.8) is 0 Å². The quantitative estimate of drug-likeness (QED) is 0.143. The van der Waals surface area contributed by atoms with Gasteiger partial charge in [-0.3, -0.25) is 9.36 Å². The number of para-hydroxylation sites is 1. The van der Waals surface area contributed by atoms with Crippen LogP contribution in [0.4, 0.5) is 0 Å². The summed E-state index contributed by atoms with van der Waals surface area (Å²) in [5, 5.41) is 2.27. The predicted octanol–water partition coefficient (Wildman–Crippen LogP) is 7.09. The summed E-state index contributed by atoms with van der Waals surface area (Å²) in [6.45, 7) is 7.92. The summed E-state index contributed by atoms with van der Waals surface area (Å²) in [4.78, 5) is 32.8. The lowest BCUT2D eigenvalue weighted by molar-refractivity contribution is -0.139. The van der Waals surface area contributed by atoms with Crippen LogP contribution in [0.25, 0.3) is 16.8 Å². The molecule has 1 aliphatic rings. The number of fused-ring (bicyclic) bond motifs is 2. The molecule has 1 aliphatic heterocycles. The minimum atomic E-state index is -0.788. The third kappa shape index (κ3) is 6.55. The first-order chi connectivity index (χ1) is 23.2. The molecule has 2 heterocycles. The van der Waals surface area contributed by atoms with Crippen molar-refractivity contribution >= 4 is 50.1 Å². The van der Waals surface area contributed by atoms with Gasteiger partial charge in [0.25, 0.3) is 5.56 Å². The molecule has 1 atom stereocenters. The van der Waals surface area contributed by atoms with Gasteiger partial charge >= 0.3 is 5.97 Å². The number of hydrogen-bond acceptors (Lipinski definition) is 8. The Balaban J connectivity index is 1.42. The van der Waals surface area contributed by atoms with Gasteiger partial charge in [-0.25, -0.2) is 9.79 Å². The maximum Gasteiger partial charge on any atom is 0.338 e. The molecule has 0 bridgehead atoms.